The van der Waals surface area contributed by atoms with Crippen LogP contribution in [0, 0.1) is 0 Å². The Hall–Kier alpha value is -0.830. The summed E-state index contributed by atoms with van der Waals surface area (Å²) in [5.74, 6) is 0. The maximum Gasteiger partial charge on any atom is 0.142 e. The van der Waals surface area contributed by atoms with Crippen LogP contribution in [0.5, 0.6) is 0 Å². The van der Waals surface area contributed by atoms with Crippen molar-refractivity contribution in [2.45, 2.75) is 32.2 Å². The maximum absolute atomic E-state index is 10.9. The van der Waals surface area contributed by atoms with Crippen LogP contribution in [0.1, 0.15) is 26.3 Å². The first-order chi connectivity index (χ1) is 7.45. The van der Waals surface area contributed by atoms with Crippen molar-refractivity contribution in [3.63, 3.8) is 0 Å². The van der Waals surface area contributed by atoms with Crippen molar-refractivity contribution in [1.82, 2.24) is 0 Å². The van der Waals surface area contributed by atoms with Crippen LogP contribution in [-0.2, 0) is 10.2 Å². The second-order valence-electron chi connectivity index (χ2n) is 5.05. The Morgan fingerprint density at radius 2 is 2.19 bits per heavy atom. The van der Waals surface area contributed by atoms with E-state index < -0.39 is 0 Å². The van der Waals surface area contributed by atoms with Crippen LogP contribution in [0.15, 0.2) is 22.7 Å². The van der Waals surface area contributed by atoms with E-state index in [0.717, 1.165) is 17.3 Å². The Labute approximate surface area is 105 Å². The van der Waals surface area contributed by atoms with Crippen LogP contribution >= 0.6 is 15.9 Å². The quantitative estimate of drug-likeness (QED) is 0.777. The molecule has 86 valence electrons. The minimum atomic E-state index is -0.0540. The van der Waals surface area contributed by atoms with Crippen molar-refractivity contribution in [3.8, 4) is 0 Å². The van der Waals surface area contributed by atoms with Crippen molar-refractivity contribution in [2.24, 2.45) is 0 Å². The molecule has 1 unspecified atom stereocenters. The number of benzene rings is 1. The van der Waals surface area contributed by atoms with Gasteiger partial charge in [-0.15, -0.1) is 0 Å². The van der Waals surface area contributed by atoms with Gasteiger partial charge in [0.05, 0.1) is 6.04 Å². The topological polar surface area (TPSA) is 20.3 Å². The van der Waals surface area contributed by atoms with Gasteiger partial charge in [-0.25, -0.2) is 0 Å². The molecule has 1 atom stereocenters. The lowest BCUT2D eigenvalue weighted by Gasteiger charge is -2.25. The normalized spacial score (nSPS) is 19.4. The molecule has 1 heterocycles. The molecule has 0 bridgehead atoms. The molecule has 1 aromatic rings. The van der Waals surface area contributed by atoms with E-state index in [1.807, 2.05) is 13.0 Å². The summed E-state index contributed by atoms with van der Waals surface area (Å²) < 4.78 is 1.10. The summed E-state index contributed by atoms with van der Waals surface area (Å²) >= 11 is 3.50. The van der Waals surface area contributed by atoms with Crippen LogP contribution in [0.4, 0.5) is 5.69 Å². The Morgan fingerprint density at radius 3 is 2.81 bits per heavy atom. The van der Waals surface area contributed by atoms with Gasteiger partial charge >= 0.3 is 0 Å². The zero-order chi connectivity index (χ0) is 11.9. The predicted octanol–water partition coefficient (Wildman–Crippen LogP) is 3.13. The van der Waals surface area contributed by atoms with Crippen LogP contribution in [0.25, 0.3) is 0 Å². The smallest absolute Gasteiger partial charge is 0.142 e. The van der Waals surface area contributed by atoms with Gasteiger partial charge in [-0.2, -0.15) is 0 Å². The van der Waals surface area contributed by atoms with E-state index in [2.05, 4.69) is 46.8 Å². The van der Waals surface area contributed by atoms with E-state index in [-0.39, 0.29) is 11.5 Å². The van der Waals surface area contributed by atoms with Gasteiger partial charge in [-0.1, -0.05) is 29.8 Å². The standard InChI is InChI=1S/C13H16BrNO/c1-9(7-16)15-8-13(2,3)11-6-10(14)4-5-12(11)15/h4-7,9H,8H2,1-3H3. The van der Waals surface area contributed by atoms with E-state index in [0.29, 0.717) is 0 Å². The summed E-state index contributed by atoms with van der Waals surface area (Å²) in [7, 11) is 0. The molecule has 0 saturated carbocycles. The van der Waals surface area contributed by atoms with Gasteiger partial charge in [0.1, 0.15) is 6.29 Å². The third kappa shape index (κ3) is 1.77. The summed E-state index contributed by atoms with van der Waals surface area (Å²) in [5.41, 5.74) is 2.61. The average Bonchev–Trinajstić information content (AvgIpc) is 2.50. The second kappa shape index (κ2) is 3.88. The fraction of sp³-hybridized carbons (Fsp3) is 0.462. The maximum atomic E-state index is 10.9. The predicted molar refractivity (Wildman–Crippen MR) is 70.0 cm³/mol. The monoisotopic (exact) mass is 281 g/mol. The molecule has 0 spiro atoms. The molecule has 0 fully saturated rings. The molecule has 0 radical (unpaired) electrons. The third-order valence-corrected chi connectivity index (χ3v) is 3.74. The molecule has 2 rings (SSSR count). The number of carbonyl (C=O) groups is 1. The number of hydrogen-bond acceptors (Lipinski definition) is 2. The SMILES string of the molecule is CC(C=O)N1CC(C)(C)c2cc(Br)ccc21. The van der Waals surface area contributed by atoms with Crippen molar-refractivity contribution in [3.05, 3.63) is 28.2 Å². The van der Waals surface area contributed by atoms with E-state index in [1.54, 1.807) is 0 Å². The largest absolute Gasteiger partial charge is 0.361 e. The first-order valence-corrected chi connectivity index (χ1v) is 6.27. The molecule has 0 aliphatic carbocycles. The van der Waals surface area contributed by atoms with Gasteiger partial charge in [0.2, 0.25) is 0 Å². The molecular formula is C13H16BrNO. The molecule has 0 saturated heterocycles. The highest BCUT2D eigenvalue weighted by Gasteiger charge is 2.36. The zero-order valence-corrected chi connectivity index (χ0v) is 11.4. The number of carbonyl (C=O) groups excluding carboxylic acids is 1. The Kier molecular flexibility index (Phi) is 2.82. The molecular weight excluding hydrogens is 266 g/mol. The first kappa shape index (κ1) is 11.6. The van der Waals surface area contributed by atoms with Crippen molar-refractivity contribution in [2.75, 3.05) is 11.4 Å². The number of rotatable bonds is 2. The number of fused-ring (bicyclic) bond motifs is 1. The number of nitrogens with zero attached hydrogens (tertiary/aromatic N) is 1. The van der Waals surface area contributed by atoms with Crippen molar-refractivity contribution < 1.29 is 4.79 Å². The van der Waals surface area contributed by atoms with Gasteiger partial charge in [-0.05, 0) is 30.7 Å². The van der Waals surface area contributed by atoms with E-state index in [1.165, 1.54) is 11.3 Å². The molecule has 1 aliphatic heterocycles. The molecule has 0 amide bonds. The van der Waals surface area contributed by atoms with Crippen LogP contribution in [0.3, 0.4) is 0 Å². The van der Waals surface area contributed by atoms with E-state index in [4.69, 9.17) is 0 Å². The number of aldehydes is 1. The van der Waals surface area contributed by atoms with Gasteiger partial charge < -0.3 is 9.69 Å². The van der Waals surface area contributed by atoms with Crippen LogP contribution in [0.2, 0.25) is 0 Å². The third-order valence-electron chi connectivity index (χ3n) is 3.25. The molecule has 0 N–H and O–H groups in total. The number of halogens is 1. The van der Waals surface area contributed by atoms with Gasteiger partial charge in [-0.3, -0.25) is 0 Å². The van der Waals surface area contributed by atoms with Crippen molar-refractivity contribution in [1.29, 1.82) is 0 Å². The van der Waals surface area contributed by atoms with Gasteiger partial charge in [0, 0.05) is 22.1 Å². The fourth-order valence-electron chi connectivity index (χ4n) is 2.33. The first-order valence-electron chi connectivity index (χ1n) is 5.47. The molecule has 16 heavy (non-hydrogen) atoms. The average molecular weight is 282 g/mol. The minimum Gasteiger partial charge on any atom is -0.361 e. The van der Waals surface area contributed by atoms with Crippen LogP contribution < -0.4 is 4.90 Å². The summed E-state index contributed by atoms with van der Waals surface area (Å²) in [6, 6.07) is 6.23. The number of anilines is 1. The minimum absolute atomic E-state index is 0.0540. The summed E-state index contributed by atoms with van der Waals surface area (Å²) in [6.45, 7) is 7.28. The van der Waals surface area contributed by atoms with E-state index in [9.17, 15) is 4.79 Å². The lowest BCUT2D eigenvalue weighted by molar-refractivity contribution is -0.108. The lowest BCUT2D eigenvalue weighted by Crippen LogP contribution is -2.36. The Bertz CT molecular complexity index is 428. The van der Waals surface area contributed by atoms with Crippen LogP contribution in [-0.4, -0.2) is 18.9 Å². The highest BCUT2D eigenvalue weighted by atomic mass is 79.9. The van der Waals surface area contributed by atoms with E-state index >= 15 is 0 Å². The highest BCUT2D eigenvalue weighted by Crippen LogP contribution is 2.42. The molecule has 1 aromatic carbocycles. The Balaban J connectivity index is 2.50. The summed E-state index contributed by atoms with van der Waals surface area (Å²) in [5, 5.41) is 0. The summed E-state index contributed by atoms with van der Waals surface area (Å²) in [4.78, 5) is 13.1. The second-order valence-corrected chi connectivity index (χ2v) is 5.97. The molecule has 0 aromatic heterocycles. The molecule has 1 aliphatic rings. The molecule has 2 nitrogen and oxygen atoms in total. The lowest BCUT2D eigenvalue weighted by atomic mass is 9.87. The Morgan fingerprint density at radius 1 is 1.50 bits per heavy atom. The van der Waals surface area contributed by atoms with Crippen molar-refractivity contribution >= 4 is 27.9 Å². The van der Waals surface area contributed by atoms with Gasteiger partial charge in [0.15, 0.2) is 0 Å². The summed E-state index contributed by atoms with van der Waals surface area (Å²) in [6.07, 6.45) is 1.01. The fourth-order valence-corrected chi connectivity index (χ4v) is 2.69. The number of hydrogen-bond donors (Lipinski definition) is 0. The zero-order valence-electron chi connectivity index (χ0n) is 9.83. The molecule has 3 heteroatoms. The highest BCUT2D eigenvalue weighted by molar-refractivity contribution is 9.10. The van der Waals surface area contributed by atoms with Gasteiger partial charge in [0.25, 0.3) is 0 Å².